The van der Waals surface area contributed by atoms with E-state index in [0.717, 1.165) is 5.56 Å². The maximum Gasteiger partial charge on any atom is 0.347 e. The average Bonchev–Trinajstić information content (AvgIpc) is 3.06. The van der Waals surface area contributed by atoms with Gasteiger partial charge in [-0.3, -0.25) is 4.79 Å². The molecule has 140 valence electrons. The predicted octanol–water partition coefficient (Wildman–Crippen LogP) is 1.56. The molecule has 0 saturated carbocycles. The van der Waals surface area contributed by atoms with E-state index in [1.807, 2.05) is 30.3 Å². The maximum absolute atomic E-state index is 12.4. The Hall–Kier alpha value is -2.19. The summed E-state index contributed by atoms with van der Waals surface area (Å²) in [6, 6.07) is 9.18. The fourth-order valence-corrected chi connectivity index (χ4v) is 4.20. The molecule has 7 nitrogen and oxygen atoms in total. The number of esters is 2. The van der Waals surface area contributed by atoms with Crippen LogP contribution in [-0.4, -0.2) is 50.5 Å². The first-order chi connectivity index (χ1) is 12.5. The van der Waals surface area contributed by atoms with Gasteiger partial charge in [-0.05, 0) is 24.5 Å². The lowest BCUT2D eigenvalue weighted by Crippen LogP contribution is -2.40. The van der Waals surface area contributed by atoms with Crippen LogP contribution in [0.3, 0.4) is 0 Å². The van der Waals surface area contributed by atoms with Crippen molar-refractivity contribution < 1.29 is 27.5 Å². The molecule has 2 aliphatic heterocycles. The van der Waals surface area contributed by atoms with Gasteiger partial charge in [0.2, 0.25) is 16.1 Å². The number of piperidine rings is 1. The highest BCUT2D eigenvalue weighted by molar-refractivity contribution is 7.92. The molecule has 0 N–H and O–H groups in total. The fraction of sp³-hybridized carbons (Fsp3) is 0.444. The highest BCUT2D eigenvalue weighted by atomic mass is 32.2. The van der Waals surface area contributed by atoms with Crippen molar-refractivity contribution in [2.75, 3.05) is 19.7 Å². The lowest BCUT2D eigenvalue weighted by Gasteiger charge is -2.29. The molecule has 26 heavy (non-hydrogen) atoms. The molecule has 1 atom stereocenters. The lowest BCUT2D eigenvalue weighted by molar-refractivity contribution is -0.164. The number of rotatable bonds is 5. The van der Waals surface area contributed by atoms with Crippen LogP contribution in [0, 0.1) is 5.92 Å². The molecule has 0 unspecified atom stereocenters. The van der Waals surface area contributed by atoms with Crippen LogP contribution in [0.15, 0.2) is 35.7 Å². The van der Waals surface area contributed by atoms with E-state index < -0.39 is 34.0 Å². The third-order valence-electron chi connectivity index (χ3n) is 4.52. The summed E-state index contributed by atoms with van der Waals surface area (Å²) in [6.45, 7) is 0.758. The van der Waals surface area contributed by atoms with Gasteiger partial charge >= 0.3 is 11.9 Å². The quantitative estimate of drug-likeness (QED) is 0.721. The Morgan fingerprint density at radius 3 is 2.46 bits per heavy atom. The number of sulfonamides is 1. The summed E-state index contributed by atoms with van der Waals surface area (Å²) in [4.78, 5) is 23.5. The van der Waals surface area contributed by atoms with Crippen LogP contribution in [0.25, 0.3) is 6.08 Å². The van der Waals surface area contributed by atoms with Crippen molar-refractivity contribution in [3.63, 3.8) is 0 Å². The van der Waals surface area contributed by atoms with Crippen molar-refractivity contribution in [2.45, 2.75) is 25.4 Å². The van der Waals surface area contributed by atoms with Crippen LogP contribution in [0.1, 0.15) is 24.8 Å². The first-order valence-corrected chi connectivity index (χ1v) is 10.1. The Morgan fingerprint density at radius 2 is 1.85 bits per heavy atom. The van der Waals surface area contributed by atoms with Crippen molar-refractivity contribution >= 4 is 28.0 Å². The van der Waals surface area contributed by atoms with Gasteiger partial charge in [0.1, 0.15) is 0 Å². The van der Waals surface area contributed by atoms with Crippen LogP contribution in [-0.2, 0) is 29.1 Å². The van der Waals surface area contributed by atoms with Gasteiger partial charge in [0.05, 0.1) is 12.5 Å². The predicted molar refractivity (Wildman–Crippen MR) is 94.1 cm³/mol. The minimum absolute atomic E-state index is 0.246. The zero-order chi connectivity index (χ0) is 18.6. The van der Waals surface area contributed by atoms with Crippen molar-refractivity contribution in [2.24, 2.45) is 5.92 Å². The Labute approximate surface area is 152 Å². The van der Waals surface area contributed by atoms with E-state index in [9.17, 15) is 18.0 Å². The Morgan fingerprint density at radius 1 is 1.15 bits per heavy atom. The van der Waals surface area contributed by atoms with Gasteiger partial charge in [-0.15, -0.1) is 0 Å². The molecule has 2 heterocycles. The molecule has 1 aromatic rings. The molecule has 0 radical (unpaired) electrons. The van der Waals surface area contributed by atoms with Crippen molar-refractivity contribution in [1.82, 2.24) is 4.31 Å². The zero-order valence-corrected chi connectivity index (χ0v) is 15.1. The maximum atomic E-state index is 12.4. The summed E-state index contributed by atoms with van der Waals surface area (Å²) in [5.41, 5.74) is 0.804. The summed E-state index contributed by atoms with van der Waals surface area (Å²) in [7, 11) is -3.54. The topological polar surface area (TPSA) is 90.0 Å². The zero-order valence-electron chi connectivity index (χ0n) is 14.2. The van der Waals surface area contributed by atoms with E-state index in [1.165, 1.54) is 9.71 Å². The fourth-order valence-electron chi connectivity index (χ4n) is 2.98. The molecule has 2 aliphatic rings. The van der Waals surface area contributed by atoms with Crippen LogP contribution in [0.2, 0.25) is 0 Å². The second kappa shape index (κ2) is 8.01. The van der Waals surface area contributed by atoms with Crippen LogP contribution < -0.4 is 0 Å². The number of benzene rings is 1. The number of ether oxygens (including phenoxy) is 2. The second-order valence-electron chi connectivity index (χ2n) is 6.31. The monoisotopic (exact) mass is 379 g/mol. The number of carbonyl (C=O) groups is 2. The SMILES string of the molecule is O=C(O[C@@H]1CCOC1=O)C1CCN(S(=O)(=O)/C=C/c2ccccc2)CC1. The molecular formula is C18H21NO6S. The highest BCUT2D eigenvalue weighted by Crippen LogP contribution is 2.23. The molecule has 2 fully saturated rings. The Balaban J connectivity index is 1.53. The van der Waals surface area contributed by atoms with Crippen LogP contribution in [0.5, 0.6) is 0 Å². The number of hydrogen-bond acceptors (Lipinski definition) is 6. The van der Waals surface area contributed by atoms with Gasteiger partial charge in [-0.25, -0.2) is 13.2 Å². The molecule has 0 bridgehead atoms. The van der Waals surface area contributed by atoms with Gasteiger partial charge in [0, 0.05) is 24.9 Å². The summed E-state index contributed by atoms with van der Waals surface area (Å²) in [5.74, 6) is -1.36. The molecule has 2 saturated heterocycles. The number of nitrogens with zero attached hydrogens (tertiary/aromatic N) is 1. The molecule has 0 aliphatic carbocycles. The second-order valence-corrected chi connectivity index (χ2v) is 8.13. The molecule has 1 aromatic carbocycles. The third-order valence-corrected chi connectivity index (χ3v) is 6.09. The minimum Gasteiger partial charge on any atom is -0.463 e. The van der Waals surface area contributed by atoms with Crippen molar-refractivity contribution in [3.05, 3.63) is 41.3 Å². The Kier molecular flexibility index (Phi) is 5.73. The molecule has 0 spiro atoms. The standard InChI is InChI=1S/C18H21NO6S/c20-17(25-16-8-12-24-18(16)21)15-6-10-19(11-7-15)26(22,23)13-9-14-4-2-1-3-5-14/h1-5,9,13,15-16H,6-8,10-12H2/b13-9+/t16-/m1/s1. The van der Waals surface area contributed by atoms with E-state index in [-0.39, 0.29) is 19.7 Å². The molecule has 0 amide bonds. The normalized spacial score (nSPS) is 22.5. The Bertz CT molecular complexity index is 781. The van der Waals surface area contributed by atoms with E-state index >= 15 is 0 Å². The van der Waals surface area contributed by atoms with E-state index in [0.29, 0.717) is 19.3 Å². The third kappa shape index (κ3) is 4.50. The van der Waals surface area contributed by atoms with Gasteiger partial charge in [-0.2, -0.15) is 4.31 Å². The minimum atomic E-state index is -3.54. The smallest absolute Gasteiger partial charge is 0.347 e. The average molecular weight is 379 g/mol. The summed E-state index contributed by atoms with van der Waals surface area (Å²) in [5, 5.41) is 1.19. The van der Waals surface area contributed by atoms with Crippen molar-refractivity contribution in [3.8, 4) is 0 Å². The van der Waals surface area contributed by atoms with E-state index in [2.05, 4.69) is 0 Å². The van der Waals surface area contributed by atoms with Gasteiger partial charge in [0.15, 0.2) is 0 Å². The van der Waals surface area contributed by atoms with E-state index in [4.69, 9.17) is 9.47 Å². The van der Waals surface area contributed by atoms with Crippen LogP contribution in [0.4, 0.5) is 0 Å². The largest absolute Gasteiger partial charge is 0.463 e. The molecule has 0 aromatic heterocycles. The summed E-state index contributed by atoms with van der Waals surface area (Å²) in [6.07, 6.45) is 1.86. The van der Waals surface area contributed by atoms with Crippen LogP contribution >= 0.6 is 0 Å². The number of cyclic esters (lactones) is 1. The molecule has 8 heteroatoms. The first kappa shape index (κ1) is 18.6. The molecule has 3 rings (SSSR count). The van der Waals surface area contributed by atoms with Gasteiger partial charge in [0.25, 0.3) is 0 Å². The summed E-state index contributed by atoms with van der Waals surface area (Å²) >= 11 is 0. The van der Waals surface area contributed by atoms with Gasteiger partial charge in [-0.1, -0.05) is 30.3 Å². The lowest BCUT2D eigenvalue weighted by atomic mass is 9.98. The number of hydrogen-bond donors (Lipinski definition) is 0. The van der Waals surface area contributed by atoms with Crippen molar-refractivity contribution in [1.29, 1.82) is 0 Å². The summed E-state index contributed by atoms with van der Waals surface area (Å²) < 4.78 is 36.2. The molecular weight excluding hydrogens is 358 g/mol. The van der Waals surface area contributed by atoms with E-state index in [1.54, 1.807) is 6.08 Å². The highest BCUT2D eigenvalue weighted by Gasteiger charge is 2.35. The first-order valence-electron chi connectivity index (χ1n) is 8.56. The number of carbonyl (C=O) groups excluding carboxylic acids is 2. The van der Waals surface area contributed by atoms with Gasteiger partial charge < -0.3 is 9.47 Å².